The van der Waals surface area contributed by atoms with Crippen molar-refractivity contribution >= 4 is 27.4 Å². The zero-order valence-corrected chi connectivity index (χ0v) is 10.4. The second-order valence-corrected chi connectivity index (χ2v) is 5.71. The van der Waals surface area contributed by atoms with Crippen molar-refractivity contribution in [3.05, 3.63) is 28.8 Å². The van der Waals surface area contributed by atoms with Crippen LogP contribution in [0.4, 0.5) is 0 Å². The molecule has 0 atom stereocenters. The number of ether oxygens (including phenoxy) is 1. The number of hydrogen-bond donors (Lipinski definition) is 0. The number of sulfone groups is 1. The third-order valence-corrected chi connectivity index (χ3v) is 3.42. The molecule has 0 fully saturated rings. The van der Waals surface area contributed by atoms with E-state index in [1.54, 1.807) is 6.07 Å². The van der Waals surface area contributed by atoms with E-state index in [-0.39, 0.29) is 16.5 Å². The van der Waals surface area contributed by atoms with Gasteiger partial charge in [0.15, 0.2) is 9.84 Å². The third-order valence-electron chi connectivity index (χ3n) is 1.84. The lowest BCUT2D eigenvalue weighted by atomic mass is 10.2. The second kappa shape index (κ2) is 4.84. The summed E-state index contributed by atoms with van der Waals surface area (Å²) < 4.78 is 27.3. The van der Waals surface area contributed by atoms with Crippen molar-refractivity contribution < 1.29 is 17.9 Å². The first kappa shape index (κ1) is 13.0. The molecule has 0 bridgehead atoms. The maximum Gasteiger partial charge on any atom is 0.302 e. The highest BCUT2D eigenvalue weighted by atomic mass is 35.5. The summed E-state index contributed by atoms with van der Waals surface area (Å²) in [6.45, 7) is 1.38. The van der Waals surface area contributed by atoms with Crippen LogP contribution in [0.3, 0.4) is 0 Å². The Bertz CT molecular complexity index is 508. The molecule has 6 heteroatoms. The molecule has 1 aromatic rings. The summed E-state index contributed by atoms with van der Waals surface area (Å²) in [4.78, 5) is 10.6. The zero-order chi connectivity index (χ0) is 12.3. The summed E-state index contributed by atoms with van der Waals surface area (Å²) in [6.07, 6.45) is 1.08. The Morgan fingerprint density at radius 2 is 2.06 bits per heavy atom. The Kier molecular flexibility index (Phi) is 3.93. The summed E-state index contributed by atoms with van der Waals surface area (Å²) in [6, 6.07) is 4.43. The Labute approximate surface area is 99.1 Å². The van der Waals surface area contributed by atoms with Gasteiger partial charge >= 0.3 is 5.97 Å². The largest absolute Gasteiger partial charge is 0.461 e. The molecular weight excluding hydrogens is 252 g/mol. The maximum atomic E-state index is 11.3. The van der Waals surface area contributed by atoms with E-state index in [0.717, 1.165) is 6.26 Å². The van der Waals surface area contributed by atoms with Crippen LogP contribution in [0.25, 0.3) is 0 Å². The molecule has 0 unspecified atom stereocenters. The molecule has 0 spiro atoms. The fraction of sp³-hybridized carbons (Fsp3) is 0.300. The molecule has 0 amide bonds. The number of rotatable bonds is 3. The fourth-order valence-corrected chi connectivity index (χ4v) is 2.47. The van der Waals surface area contributed by atoms with E-state index in [2.05, 4.69) is 0 Å². The van der Waals surface area contributed by atoms with Crippen LogP contribution >= 0.6 is 11.6 Å². The topological polar surface area (TPSA) is 60.4 Å². The van der Waals surface area contributed by atoms with Crippen LogP contribution in [0, 0.1) is 0 Å². The average Bonchev–Trinajstić information content (AvgIpc) is 2.12. The normalized spacial score (nSPS) is 11.2. The monoisotopic (exact) mass is 262 g/mol. The van der Waals surface area contributed by atoms with E-state index in [4.69, 9.17) is 16.3 Å². The molecule has 0 radical (unpaired) electrons. The first-order valence-electron chi connectivity index (χ1n) is 4.42. The van der Waals surface area contributed by atoms with Gasteiger partial charge in [-0.2, -0.15) is 0 Å². The predicted octanol–water partition coefficient (Wildman–Crippen LogP) is 1.81. The number of esters is 1. The number of carbonyl (C=O) groups excluding carboxylic acids is 1. The van der Waals surface area contributed by atoms with Crippen LogP contribution in [-0.4, -0.2) is 20.6 Å². The van der Waals surface area contributed by atoms with Crippen molar-refractivity contribution in [2.45, 2.75) is 18.4 Å². The standard InChI is InChI=1S/C10H11ClO4S/c1-7(12)15-6-8-3-4-10(9(11)5-8)16(2,13)14/h3-5H,6H2,1-2H3. The summed E-state index contributed by atoms with van der Waals surface area (Å²) in [7, 11) is -3.32. The average molecular weight is 263 g/mol. The Morgan fingerprint density at radius 1 is 1.44 bits per heavy atom. The van der Waals surface area contributed by atoms with Gasteiger partial charge in [0, 0.05) is 13.2 Å². The van der Waals surface area contributed by atoms with Crippen molar-refractivity contribution in [2.24, 2.45) is 0 Å². The molecule has 0 aliphatic rings. The molecule has 0 saturated carbocycles. The molecule has 0 N–H and O–H groups in total. The number of hydrogen-bond acceptors (Lipinski definition) is 4. The van der Waals surface area contributed by atoms with E-state index in [1.165, 1.54) is 19.1 Å². The molecule has 0 aliphatic heterocycles. The lowest BCUT2D eigenvalue weighted by Crippen LogP contribution is -2.01. The molecule has 0 heterocycles. The van der Waals surface area contributed by atoms with Crippen molar-refractivity contribution in [3.8, 4) is 0 Å². The summed E-state index contributed by atoms with van der Waals surface area (Å²) in [5.41, 5.74) is 0.646. The van der Waals surface area contributed by atoms with Crippen molar-refractivity contribution in [1.29, 1.82) is 0 Å². The molecule has 1 aromatic carbocycles. The Balaban J connectivity index is 2.96. The van der Waals surface area contributed by atoms with Crippen LogP contribution in [-0.2, 0) is 26.0 Å². The third kappa shape index (κ3) is 3.50. The van der Waals surface area contributed by atoms with Gasteiger partial charge in [-0.1, -0.05) is 17.7 Å². The highest BCUT2D eigenvalue weighted by Gasteiger charge is 2.12. The lowest BCUT2D eigenvalue weighted by molar-refractivity contribution is -0.142. The van der Waals surface area contributed by atoms with Gasteiger partial charge in [-0.25, -0.2) is 8.42 Å². The smallest absolute Gasteiger partial charge is 0.302 e. The van der Waals surface area contributed by atoms with Crippen LogP contribution in [0.15, 0.2) is 23.1 Å². The SMILES string of the molecule is CC(=O)OCc1ccc(S(C)(=O)=O)c(Cl)c1. The van der Waals surface area contributed by atoms with Gasteiger partial charge in [0.1, 0.15) is 6.61 Å². The summed E-state index contributed by atoms with van der Waals surface area (Å²) in [5.74, 6) is -0.400. The van der Waals surface area contributed by atoms with E-state index >= 15 is 0 Å². The molecule has 1 rings (SSSR count). The van der Waals surface area contributed by atoms with Gasteiger partial charge in [-0.3, -0.25) is 4.79 Å². The van der Waals surface area contributed by atoms with Gasteiger partial charge in [0.25, 0.3) is 0 Å². The van der Waals surface area contributed by atoms with Crippen LogP contribution in [0.1, 0.15) is 12.5 Å². The minimum atomic E-state index is -3.32. The lowest BCUT2D eigenvalue weighted by Gasteiger charge is -2.05. The van der Waals surface area contributed by atoms with E-state index < -0.39 is 15.8 Å². The molecule has 4 nitrogen and oxygen atoms in total. The Morgan fingerprint density at radius 3 is 2.50 bits per heavy atom. The van der Waals surface area contributed by atoms with E-state index in [9.17, 15) is 13.2 Å². The van der Waals surface area contributed by atoms with E-state index in [1.807, 2.05) is 0 Å². The van der Waals surface area contributed by atoms with Crippen LogP contribution in [0.2, 0.25) is 5.02 Å². The van der Waals surface area contributed by atoms with Crippen molar-refractivity contribution in [2.75, 3.05) is 6.26 Å². The molecular formula is C10H11ClO4S. The minimum Gasteiger partial charge on any atom is -0.461 e. The first-order valence-corrected chi connectivity index (χ1v) is 6.69. The van der Waals surface area contributed by atoms with Crippen LogP contribution < -0.4 is 0 Å². The van der Waals surface area contributed by atoms with Gasteiger partial charge in [0.2, 0.25) is 0 Å². The molecule has 16 heavy (non-hydrogen) atoms. The molecule has 88 valence electrons. The maximum absolute atomic E-state index is 11.3. The number of halogens is 1. The minimum absolute atomic E-state index is 0.0701. The molecule has 0 aromatic heterocycles. The first-order chi connectivity index (χ1) is 7.30. The van der Waals surface area contributed by atoms with Gasteiger partial charge in [-0.15, -0.1) is 0 Å². The number of benzene rings is 1. The van der Waals surface area contributed by atoms with Gasteiger partial charge in [0.05, 0.1) is 9.92 Å². The molecule has 0 saturated heterocycles. The summed E-state index contributed by atoms with van der Waals surface area (Å²) in [5, 5.41) is 0.132. The van der Waals surface area contributed by atoms with Gasteiger partial charge in [-0.05, 0) is 17.7 Å². The fourth-order valence-electron chi connectivity index (χ4n) is 1.12. The molecule has 0 aliphatic carbocycles. The van der Waals surface area contributed by atoms with Gasteiger partial charge < -0.3 is 4.74 Å². The predicted molar refractivity (Wildman–Crippen MR) is 60.0 cm³/mol. The highest BCUT2D eigenvalue weighted by molar-refractivity contribution is 7.90. The van der Waals surface area contributed by atoms with Crippen LogP contribution in [0.5, 0.6) is 0 Å². The van der Waals surface area contributed by atoms with Crippen molar-refractivity contribution in [1.82, 2.24) is 0 Å². The van der Waals surface area contributed by atoms with E-state index in [0.29, 0.717) is 5.56 Å². The van der Waals surface area contributed by atoms with Crippen molar-refractivity contribution in [3.63, 3.8) is 0 Å². The second-order valence-electron chi connectivity index (χ2n) is 3.32. The Hall–Kier alpha value is -1.07. The number of carbonyl (C=O) groups is 1. The zero-order valence-electron chi connectivity index (χ0n) is 8.86. The summed E-state index contributed by atoms with van der Waals surface area (Å²) >= 11 is 5.81. The quantitative estimate of drug-likeness (QED) is 0.780. The highest BCUT2D eigenvalue weighted by Crippen LogP contribution is 2.22.